The Balaban J connectivity index is 1.52. The van der Waals surface area contributed by atoms with E-state index >= 15 is 0 Å². The van der Waals surface area contributed by atoms with Gasteiger partial charge in [-0.3, -0.25) is 19.2 Å². The van der Waals surface area contributed by atoms with Gasteiger partial charge in [0.15, 0.2) is 0 Å². The van der Waals surface area contributed by atoms with Gasteiger partial charge >= 0.3 is 6.03 Å². The molecule has 5 atom stereocenters. The number of urea groups is 1. The first-order valence-corrected chi connectivity index (χ1v) is 20.9. The zero-order chi connectivity index (χ0) is 37.9. The molecule has 290 valence electrons. The van der Waals surface area contributed by atoms with Gasteiger partial charge in [0.2, 0.25) is 27.6 Å². The van der Waals surface area contributed by atoms with Crippen molar-refractivity contribution in [3.8, 4) is 0 Å². The number of hydrogen-bond donors (Lipinski definition) is 4. The predicted octanol–water partition coefficient (Wildman–Crippen LogP) is 3.47. The number of amides is 5. The van der Waals surface area contributed by atoms with Crippen LogP contribution in [0.5, 0.6) is 0 Å². The van der Waals surface area contributed by atoms with Gasteiger partial charge in [0, 0.05) is 25.7 Å². The first kappa shape index (κ1) is 41.0. The second-order valence-corrected chi connectivity index (χ2v) is 19.3. The van der Waals surface area contributed by atoms with E-state index in [0.29, 0.717) is 31.6 Å². The summed E-state index contributed by atoms with van der Waals surface area (Å²) in [5, 5.41) is 11.5. The zero-order valence-electron chi connectivity index (χ0n) is 32.2. The predicted molar refractivity (Wildman–Crippen MR) is 196 cm³/mol. The van der Waals surface area contributed by atoms with E-state index in [0.717, 1.165) is 44.9 Å². The minimum atomic E-state index is -3.69. The molecular formula is C37H64N6O7S. The molecule has 13 nitrogen and oxygen atoms in total. The second-order valence-electron chi connectivity index (χ2n) is 17.2. The van der Waals surface area contributed by atoms with Gasteiger partial charge in [-0.2, -0.15) is 0 Å². The van der Waals surface area contributed by atoms with Crippen LogP contribution in [-0.4, -0.2) is 102 Å². The lowest BCUT2D eigenvalue weighted by Crippen LogP contribution is -2.64. The van der Waals surface area contributed by atoms with E-state index in [1.807, 2.05) is 48.5 Å². The summed E-state index contributed by atoms with van der Waals surface area (Å²) in [4.78, 5) is 69.7. The molecule has 4 fully saturated rings. The monoisotopic (exact) mass is 736 g/mol. The molecule has 4 aliphatic rings. The molecule has 0 radical (unpaired) electrons. The van der Waals surface area contributed by atoms with Crippen molar-refractivity contribution in [1.82, 2.24) is 30.5 Å². The largest absolute Gasteiger partial charge is 0.347 e. The molecule has 0 aromatic heterocycles. The van der Waals surface area contributed by atoms with Gasteiger partial charge in [0.05, 0.1) is 17.3 Å². The Morgan fingerprint density at radius 3 is 2.08 bits per heavy atom. The van der Waals surface area contributed by atoms with Crippen molar-refractivity contribution < 1.29 is 32.4 Å². The van der Waals surface area contributed by atoms with Crippen molar-refractivity contribution in [3.63, 3.8) is 0 Å². The molecule has 4 N–H and O–H groups in total. The first-order valence-electron chi connectivity index (χ1n) is 19.3. The number of nitrogens with one attached hydrogen (secondary N) is 4. The van der Waals surface area contributed by atoms with E-state index in [1.165, 1.54) is 9.21 Å². The number of carbonyl (C=O) groups is 5. The Bertz CT molecular complexity index is 1400. The number of hydrogen-bond acceptors (Lipinski definition) is 7. The van der Waals surface area contributed by atoms with Gasteiger partial charge in [-0.1, -0.05) is 67.2 Å². The molecular weight excluding hydrogens is 673 g/mol. The third-order valence-electron chi connectivity index (χ3n) is 11.6. The van der Waals surface area contributed by atoms with Crippen LogP contribution in [0.3, 0.4) is 0 Å². The number of nitrogens with zero attached hydrogens (tertiary/aromatic N) is 2. The summed E-state index contributed by atoms with van der Waals surface area (Å²) in [7, 11) is -2.07. The van der Waals surface area contributed by atoms with Crippen molar-refractivity contribution in [2.24, 2.45) is 23.2 Å². The van der Waals surface area contributed by atoms with Crippen LogP contribution in [0.1, 0.15) is 126 Å². The van der Waals surface area contributed by atoms with Gasteiger partial charge < -0.3 is 26.2 Å². The molecule has 1 heterocycles. The third kappa shape index (κ3) is 10.4. The van der Waals surface area contributed by atoms with E-state index in [9.17, 15) is 32.4 Å². The molecule has 0 unspecified atom stereocenters. The molecule has 3 saturated carbocycles. The molecule has 14 heteroatoms. The molecule has 0 spiro atoms. The van der Waals surface area contributed by atoms with Crippen molar-refractivity contribution in [3.05, 3.63) is 0 Å². The third-order valence-corrected chi connectivity index (χ3v) is 13.7. The van der Waals surface area contributed by atoms with E-state index < -0.39 is 68.6 Å². The number of sulfonamides is 1. The number of Topliss-reactive ketones (excluding diaryl/α,β-unsaturated/α-hetero) is 1. The summed E-state index contributed by atoms with van der Waals surface area (Å²) in [5.74, 6) is -2.32. The van der Waals surface area contributed by atoms with Gasteiger partial charge in [-0.15, -0.1) is 0 Å². The Morgan fingerprint density at radius 1 is 0.922 bits per heavy atom. The number of likely N-dealkylation sites (tertiary alicyclic amines) is 1. The Kier molecular flexibility index (Phi) is 13.3. The molecule has 5 amide bonds. The summed E-state index contributed by atoms with van der Waals surface area (Å²) in [6.07, 6.45) is 8.65. The lowest BCUT2D eigenvalue weighted by molar-refractivity contribution is -0.145. The molecule has 1 aliphatic heterocycles. The van der Waals surface area contributed by atoms with Crippen LogP contribution in [0.4, 0.5) is 4.79 Å². The highest BCUT2D eigenvalue weighted by atomic mass is 32.2. The lowest BCUT2D eigenvalue weighted by atomic mass is 9.83. The molecule has 0 aromatic rings. The van der Waals surface area contributed by atoms with Crippen LogP contribution in [0.15, 0.2) is 0 Å². The molecule has 0 bridgehead atoms. The van der Waals surface area contributed by atoms with Gasteiger partial charge in [0.25, 0.3) is 5.91 Å². The Hall–Kier alpha value is -2.74. The fraction of sp³-hybridized carbons (Fsp3) is 0.865. The van der Waals surface area contributed by atoms with Gasteiger partial charge in [0.1, 0.15) is 12.1 Å². The van der Waals surface area contributed by atoms with Gasteiger partial charge in [-0.05, 0) is 81.5 Å². The summed E-state index contributed by atoms with van der Waals surface area (Å²) >= 11 is 0. The highest BCUT2D eigenvalue weighted by molar-refractivity contribution is 7.89. The van der Waals surface area contributed by atoms with E-state index in [4.69, 9.17) is 0 Å². The normalized spacial score (nSPS) is 24.1. The minimum absolute atomic E-state index is 0.00137. The molecule has 1 saturated heterocycles. The summed E-state index contributed by atoms with van der Waals surface area (Å²) < 4.78 is 28.8. The van der Waals surface area contributed by atoms with E-state index in [1.54, 1.807) is 7.05 Å². The smallest absolute Gasteiger partial charge is 0.315 e. The Morgan fingerprint density at radius 2 is 1.55 bits per heavy atom. The minimum Gasteiger partial charge on any atom is -0.347 e. The van der Waals surface area contributed by atoms with Crippen LogP contribution in [0, 0.1) is 23.2 Å². The maximum atomic E-state index is 14.5. The fourth-order valence-electron chi connectivity index (χ4n) is 7.89. The highest BCUT2D eigenvalue weighted by Crippen LogP contribution is 2.37. The molecule has 4 rings (SSSR count). The Labute approximate surface area is 305 Å². The molecule has 3 aliphatic carbocycles. The van der Waals surface area contributed by atoms with Crippen LogP contribution >= 0.6 is 0 Å². The van der Waals surface area contributed by atoms with E-state index in [2.05, 4.69) is 21.3 Å². The topological polar surface area (TPSA) is 174 Å². The maximum absolute atomic E-state index is 14.5. The summed E-state index contributed by atoms with van der Waals surface area (Å²) in [6, 6.07) is -3.67. The molecule has 0 aromatic carbocycles. The van der Waals surface area contributed by atoms with Crippen LogP contribution in [0.2, 0.25) is 0 Å². The molecule has 51 heavy (non-hydrogen) atoms. The SMILES string of the molecule is CCC[C@H](NC(=O)[C@@H]1[C@@H](C(C)C)CCN1C(=O)[C@@H](NC(=O)NC1(CS(=O)(=O)N(C)[C@H](C)C2CC2)CCCCC1)C(C)(C)C)C(=O)C(=O)NC1CC1. The standard InChI is InChI=1S/C37H64N6O7S/c1-9-13-28(30(44)33(46)38-26-16-17-26)39-32(45)29-27(23(2)3)18-21-43(29)34(47)31(36(5,6)7)40-35(48)41-37(19-11-10-12-20-37)22-51(49,50)42(8)24(4)25-14-15-25/h23-29,31H,9-22H2,1-8H3,(H,38,46)(H,39,45)(H2,40,41,48)/t24-,27-,28+,29+,31-/m1/s1. The van der Waals surface area contributed by atoms with Crippen molar-refractivity contribution in [2.45, 2.75) is 161 Å². The second kappa shape index (κ2) is 16.5. The van der Waals surface area contributed by atoms with Crippen LogP contribution in [-0.2, 0) is 29.2 Å². The van der Waals surface area contributed by atoms with E-state index in [-0.39, 0.29) is 42.6 Å². The van der Waals surface area contributed by atoms with Crippen molar-refractivity contribution in [2.75, 3.05) is 19.3 Å². The lowest BCUT2D eigenvalue weighted by Gasteiger charge is -2.41. The fourth-order valence-corrected chi connectivity index (χ4v) is 9.83. The average molecular weight is 737 g/mol. The zero-order valence-corrected chi connectivity index (χ0v) is 33.0. The number of carbonyl (C=O) groups excluding carboxylic acids is 5. The number of rotatable bonds is 16. The van der Waals surface area contributed by atoms with Crippen LogP contribution in [0.25, 0.3) is 0 Å². The van der Waals surface area contributed by atoms with Crippen molar-refractivity contribution >= 4 is 39.6 Å². The maximum Gasteiger partial charge on any atom is 0.315 e. The van der Waals surface area contributed by atoms with Crippen LogP contribution < -0.4 is 21.3 Å². The summed E-state index contributed by atoms with van der Waals surface area (Å²) in [5.41, 5.74) is -1.74. The number of ketones is 1. The first-order chi connectivity index (χ1) is 23.8. The average Bonchev–Trinajstić information content (AvgIpc) is 3.99. The highest BCUT2D eigenvalue weighted by Gasteiger charge is 2.49. The summed E-state index contributed by atoms with van der Waals surface area (Å²) in [6.45, 7) is 13.6. The quantitative estimate of drug-likeness (QED) is 0.176. The van der Waals surface area contributed by atoms with Crippen molar-refractivity contribution in [1.29, 1.82) is 0 Å². The van der Waals surface area contributed by atoms with Gasteiger partial charge in [-0.25, -0.2) is 17.5 Å².